The number of carbonyl (C=O) groups is 3. The highest BCUT2D eigenvalue weighted by atomic mass is 16.6. The predicted molar refractivity (Wildman–Crippen MR) is 169 cm³/mol. The summed E-state index contributed by atoms with van der Waals surface area (Å²) in [6.45, 7) is 9.86. The lowest BCUT2D eigenvalue weighted by molar-refractivity contribution is -0.164. The molecule has 0 amide bonds. The molecule has 2 aromatic rings. The van der Waals surface area contributed by atoms with Crippen LogP contribution in [0.15, 0.2) is 48.5 Å². The number of phenolic OH excluding ortho intramolecular Hbond substituents is 1. The molecule has 0 spiro atoms. The molecule has 2 aromatic carbocycles. The molecule has 0 radical (unpaired) electrons. The second kappa shape index (κ2) is 14.5. The zero-order valence-corrected chi connectivity index (χ0v) is 27.2. The molecular formula is C37H47NO7. The van der Waals surface area contributed by atoms with Crippen LogP contribution in [-0.2, 0) is 36.6 Å². The van der Waals surface area contributed by atoms with Crippen LogP contribution in [0.3, 0.4) is 0 Å². The predicted octanol–water partition coefficient (Wildman–Crippen LogP) is 7.11. The van der Waals surface area contributed by atoms with Gasteiger partial charge in [0.15, 0.2) is 5.41 Å². The fourth-order valence-corrected chi connectivity index (χ4v) is 6.97. The van der Waals surface area contributed by atoms with Gasteiger partial charge < -0.3 is 19.3 Å². The fourth-order valence-electron chi connectivity index (χ4n) is 6.97. The summed E-state index contributed by atoms with van der Waals surface area (Å²) in [4.78, 5) is 35.6. The Morgan fingerprint density at radius 1 is 1.00 bits per heavy atom. The molecule has 2 bridgehead atoms. The van der Waals surface area contributed by atoms with Crippen molar-refractivity contribution in [2.75, 3.05) is 0 Å². The van der Waals surface area contributed by atoms with Crippen LogP contribution in [0.1, 0.15) is 101 Å². The average molecular weight is 618 g/mol. The maximum Gasteiger partial charge on any atom is 0.338 e. The van der Waals surface area contributed by atoms with E-state index in [1.165, 1.54) is 24.0 Å². The number of hydrogen-bond donors (Lipinski definition) is 1. The highest BCUT2D eigenvalue weighted by Crippen LogP contribution is 2.62. The number of rotatable bonds is 7. The number of ether oxygens (including phenoxy) is 3. The van der Waals surface area contributed by atoms with Crippen LogP contribution in [0.2, 0.25) is 0 Å². The fraction of sp³-hybridized carbons (Fsp3) is 0.568. The summed E-state index contributed by atoms with van der Waals surface area (Å²) < 4.78 is 16.5. The minimum atomic E-state index is -0.962. The minimum absolute atomic E-state index is 0.0915. The molecule has 6 rings (SSSR count). The second-order valence-corrected chi connectivity index (χ2v) is 13.0. The number of nitrogens with zero attached hydrogens (tertiary/aromatic N) is 1. The zero-order valence-electron chi connectivity index (χ0n) is 27.2. The van der Waals surface area contributed by atoms with E-state index in [1.807, 2.05) is 36.4 Å². The number of carbonyl (C=O) groups excluding carboxylic acids is 3. The van der Waals surface area contributed by atoms with E-state index in [2.05, 4.69) is 26.8 Å². The van der Waals surface area contributed by atoms with Crippen molar-refractivity contribution in [1.82, 2.24) is 0 Å². The zero-order chi connectivity index (χ0) is 32.8. The summed E-state index contributed by atoms with van der Waals surface area (Å²) in [6.07, 6.45) is 7.80. The van der Waals surface area contributed by atoms with Gasteiger partial charge in [0.25, 0.3) is 0 Å². The van der Waals surface area contributed by atoms with Crippen molar-refractivity contribution in [1.29, 1.82) is 5.26 Å². The summed E-state index contributed by atoms with van der Waals surface area (Å²) in [7, 11) is 0. The molecule has 3 saturated carbocycles. The van der Waals surface area contributed by atoms with Gasteiger partial charge in [-0.25, -0.2) is 4.79 Å². The average Bonchev–Trinajstić information content (AvgIpc) is 3.80. The van der Waals surface area contributed by atoms with Gasteiger partial charge in [-0.05, 0) is 93.2 Å². The third-order valence-corrected chi connectivity index (χ3v) is 9.90. The first-order chi connectivity index (χ1) is 21.5. The van der Waals surface area contributed by atoms with Gasteiger partial charge in [0.05, 0.1) is 17.6 Å². The van der Waals surface area contributed by atoms with E-state index >= 15 is 0 Å². The molecule has 8 heteroatoms. The van der Waals surface area contributed by atoms with Crippen LogP contribution in [0.4, 0.5) is 0 Å². The molecule has 8 nitrogen and oxygen atoms in total. The lowest BCUT2D eigenvalue weighted by atomic mass is 9.74. The molecule has 1 saturated heterocycles. The SMILES string of the molecule is CC(C)C(=O)OC1C2CC3C1OC(=O)C3(C#N)C2.CCc1ccc(C(=O)OC2(CC)CCCC2)cc1.CCc1ccc(O)cc1. The van der Waals surface area contributed by atoms with Crippen LogP contribution in [-0.4, -0.2) is 40.8 Å². The maximum atomic E-state index is 12.1. The lowest BCUT2D eigenvalue weighted by Crippen LogP contribution is -2.40. The van der Waals surface area contributed by atoms with Crippen molar-refractivity contribution in [3.05, 3.63) is 65.2 Å². The first-order valence-corrected chi connectivity index (χ1v) is 16.4. The van der Waals surface area contributed by atoms with Gasteiger partial charge in [0.1, 0.15) is 23.6 Å². The third kappa shape index (κ3) is 7.35. The molecule has 242 valence electrons. The monoisotopic (exact) mass is 617 g/mol. The molecular weight excluding hydrogens is 570 g/mol. The molecule has 5 unspecified atom stereocenters. The van der Waals surface area contributed by atoms with E-state index in [9.17, 15) is 19.6 Å². The number of phenols is 1. The lowest BCUT2D eigenvalue weighted by Gasteiger charge is -2.28. The van der Waals surface area contributed by atoms with E-state index in [0.29, 0.717) is 17.7 Å². The minimum Gasteiger partial charge on any atom is -0.508 e. The van der Waals surface area contributed by atoms with Gasteiger partial charge >= 0.3 is 17.9 Å². The largest absolute Gasteiger partial charge is 0.508 e. The van der Waals surface area contributed by atoms with Crippen LogP contribution >= 0.6 is 0 Å². The van der Waals surface area contributed by atoms with E-state index in [1.54, 1.807) is 26.0 Å². The molecule has 1 aliphatic heterocycles. The Hall–Kier alpha value is -3.86. The van der Waals surface area contributed by atoms with E-state index in [4.69, 9.17) is 19.3 Å². The number of fused-ring (bicyclic) bond motifs is 1. The summed E-state index contributed by atoms with van der Waals surface area (Å²) >= 11 is 0. The molecule has 5 atom stereocenters. The van der Waals surface area contributed by atoms with E-state index in [0.717, 1.165) is 38.5 Å². The van der Waals surface area contributed by atoms with Crippen molar-refractivity contribution >= 4 is 17.9 Å². The molecule has 4 aliphatic rings. The summed E-state index contributed by atoms with van der Waals surface area (Å²) in [5.74, 6) is -0.710. The van der Waals surface area contributed by atoms with Crippen LogP contribution in [0.25, 0.3) is 0 Å². The van der Waals surface area contributed by atoms with Crippen molar-refractivity contribution in [2.24, 2.45) is 23.2 Å². The highest BCUT2D eigenvalue weighted by molar-refractivity contribution is 5.89. The number of esters is 3. The smallest absolute Gasteiger partial charge is 0.338 e. The van der Waals surface area contributed by atoms with Gasteiger partial charge in [-0.15, -0.1) is 0 Å². The first kappa shape index (κ1) is 34.0. The molecule has 1 N–H and O–H groups in total. The van der Waals surface area contributed by atoms with Crippen molar-refractivity contribution in [3.8, 4) is 11.8 Å². The first-order valence-electron chi connectivity index (χ1n) is 16.4. The Kier molecular flexibility index (Phi) is 11.0. The van der Waals surface area contributed by atoms with Gasteiger partial charge in [0, 0.05) is 11.8 Å². The Morgan fingerprint density at radius 2 is 1.58 bits per heavy atom. The van der Waals surface area contributed by atoms with Crippen LogP contribution < -0.4 is 0 Å². The highest BCUT2D eigenvalue weighted by Gasteiger charge is 2.72. The summed E-state index contributed by atoms with van der Waals surface area (Å²) in [5, 5.41) is 18.1. The molecule has 3 aliphatic carbocycles. The van der Waals surface area contributed by atoms with Crippen molar-refractivity contribution < 1.29 is 33.7 Å². The Balaban J connectivity index is 0.000000163. The van der Waals surface area contributed by atoms with Crippen molar-refractivity contribution in [2.45, 2.75) is 110 Å². The van der Waals surface area contributed by atoms with Gasteiger partial charge in [-0.1, -0.05) is 58.9 Å². The molecule has 0 aromatic heterocycles. The summed E-state index contributed by atoms with van der Waals surface area (Å²) in [5.41, 5.74) is 2.02. The maximum absolute atomic E-state index is 12.1. The molecule has 1 heterocycles. The van der Waals surface area contributed by atoms with E-state index in [-0.39, 0.29) is 41.4 Å². The van der Waals surface area contributed by atoms with Crippen LogP contribution in [0, 0.1) is 34.5 Å². The summed E-state index contributed by atoms with van der Waals surface area (Å²) in [6, 6.07) is 17.2. The van der Waals surface area contributed by atoms with Crippen molar-refractivity contribution in [3.63, 3.8) is 0 Å². The Bertz CT molecular complexity index is 1370. The Morgan fingerprint density at radius 3 is 2.09 bits per heavy atom. The topological polar surface area (TPSA) is 123 Å². The number of hydrogen-bond acceptors (Lipinski definition) is 8. The van der Waals surface area contributed by atoms with Crippen LogP contribution in [0.5, 0.6) is 5.75 Å². The molecule has 45 heavy (non-hydrogen) atoms. The second-order valence-electron chi connectivity index (χ2n) is 13.0. The van der Waals surface area contributed by atoms with Gasteiger partial charge in [-0.3, -0.25) is 9.59 Å². The van der Waals surface area contributed by atoms with E-state index < -0.39 is 17.5 Å². The standard InChI is InChI=1S/C16H22O2.C13H15NO4.C8H10O/c1-3-13-7-9-14(10-8-13)15(17)18-16(4-2)11-5-6-12-16;1-6(2)11(15)17-9-7-3-8-10(9)18-12(16)13(8,4-7)5-14;1-2-7-3-5-8(9)6-4-7/h7-10H,3-6,11-12H2,1-2H3;6-10H,3-4H2,1-2H3;3-6,9H,2H2,1H3. The van der Waals surface area contributed by atoms with Gasteiger partial charge in [0.2, 0.25) is 0 Å². The number of aryl methyl sites for hydroxylation is 2. The third-order valence-electron chi connectivity index (χ3n) is 9.90. The number of benzene rings is 2. The quantitative estimate of drug-likeness (QED) is 0.258. The number of nitriles is 1. The molecule has 4 fully saturated rings. The Labute approximate surface area is 267 Å². The van der Waals surface area contributed by atoms with Gasteiger partial charge in [-0.2, -0.15) is 5.26 Å². The number of aromatic hydroxyl groups is 1. The normalized spacial score (nSPS) is 26.6.